The van der Waals surface area contributed by atoms with Crippen molar-refractivity contribution in [3.8, 4) is 22.5 Å². The van der Waals surface area contributed by atoms with Crippen molar-refractivity contribution in [1.29, 1.82) is 0 Å². The predicted molar refractivity (Wildman–Crippen MR) is 143 cm³/mol. The summed E-state index contributed by atoms with van der Waals surface area (Å²) in [6.45, 7) is 4.40. The summed E-state index contributed by atoms with van der Waals surface area (Å²) in [6, 6.07) is 11.4. The summed E-state index contributed by atoms with van der Waals surface area (Å²) in [7, 11) is -3.10. The molecule has 1 fully saturated rings. The van der Waals surface area contributed by atoms with Gasteiger partial charge in [0.15, 0.2) is 0 Å². The Kier molecular flexibility index (Phi) is 5.87. The van der Waals surface area contributed by atoms with Crippen LogP contribution < -0.4 is 0 Å². The van der Waals surface area contributed by atoms with Crippen LogP contribution in [-0.4, -0.2) is 45.6 Å². The maximum atomic E-state index is 14.5. The Morgan fingerprint density at radius 2 is 1.67 bits per heavy atom. The van der Waals surface area contributed by atoms with Gasteiger partial charge >= 0.3 is 0 Å². The van der Waals surface area contributed by atoms with Crippen LogP contribution in [0.4, 0.5) is 8.78 Å². The number of halogens is 2. The zero-order valence-corrected chi connectivity index (χ0v) is 22.6. The standard InChI is InChI=1S/C29H27F2N5O2S/c1-28(2)19-10-12-29(28,27-18(19)14-23(35-36-27)26-20(30)6-4-7-21(26)31)24-9-5-8-22(34-24)17-15-32-25(33-16-17)11-13-39(3,37)38/h4-9,14-16,19H,10-13H2,1-3H3/t19?,29-/m0/s1. The normalized spacial score (nSPS) is 21.2. The fourth-order valence-electron chi connectivity index (χ4n) is 6.48. The molecule has 2 aliphatic rings. The third-order valence-corrected chi connectivity index (χ3v) is 9.43. The molecule has 4 aromatic rings. The summed E-state index contributed by atoms with van der Waals surface area (Å²) in [5.41, 5.74) is 3.30. The zero-order chi connectivity index (χ0) is 27.6. The molecule has 200 valence electrons. The summed E-state index contributed by atoms with van der Waals surface area (Å²) in [6.07, 6.45) is 6.49. The van der Waals surface area contributed by atoms with Crippen molar-refractivity contribution in [1.82, 2.24) is 25.1 Å². The fourth-order valence-corrected chi connectivity index (χ4v) is 7.04. The lowest BCUT2D eigenvalue weighted by Crippen LogP contribution is -2.37. The van der Waals surface area contributed by atoms with Crippen LogP contribution in [0.3, 0.4) is 0 Å². The number of rotatable bonds is 6. The summed E-state index contributed by atoms with van der Waals surface area (Å²) >= 11 is 0. The van der Waals surface area contributed by atoms with Gasteiger partial charge in [-0.15, -0.1) is 5.10 Å². The van der Waals surface area contributed by atoms with Gasteiger partial charge in [-0.1, -0.05) is 26.0 Å². The Hall–Kier alpha value is -3.66. The molecule has 2 aliphatic carbocycles. The average Bonchev–Trinajstić information content (AvgIpc) is 3.28. The molecule has 0 radical (unpaired) electrons. The molecule has 1 unspecified atom stereocenters. The highest BCUT2D eigenvalue weighted by Crippen LogP contribution is 2.69. The van der Waals surface area contributed by atoms with Crippen LogP contribution in [0.15, 0.2) is 54.9 Å². The van der Waals surface area contributed by atoms with E-state index in [0.29, 0.717) is 11.5 Å². The molecule has 1 saturated carbocycles. The minimum Gasteiger partial charge on any atom is -0.252 e. The van der Waals surface area contributed by atoms with E-state index in [4.69, 9.17) is 4.98 Å². The molecule has 7 nitrogen and oxygen atoms in total. The number of fused-ring (bicyclic) bond motifs is 5. The molecule has 2 atom stereocenters. The molecule has 0 aliphatic heterocycles. The van der Waals surface area contributed by atoms with Gasteiger partial charge in [0.1, 0.15) is 27.3 Å². The Labute approximate surface area is 225 Å². The van der Waals surface area contributed by atoms with Gasteiger partial charge in [0, 0.05) is 30.6 Å². The van der Waals surface area contributed by atoms with E-state index in [0.717, 1.165) is 35.4 Å². The fraction of sp³-hybridized carbons (Fsp3) is 0.345. The summed E-state index contributed by atoms with van der Waals surface area (Å²) in [4.78, 5) is 13.7. The number of hydrogen-bond acceptors (Lipinski definition) is 7. The van der Waals surface area contributed by atoms with E-state index in [-0.39, 0.29) is 34.8 Å². The molecular formula is C29H27F2N5O2S. The van der Waals surface area contributed by atoms with Gasteiger partial charge in [0.05, 0.1) is 39.5 Å². The molecule has 39 heavy (non-hydrogen) atoms. The van der Waals surface area contributed by atoms with Crippen molar-refractivity contribution in [2.24, 2.45) is 5.41 Å². The maximum absolute atomic E-state index is 14.5. The minimum absolute atomic E-state index is 0.00936. The SMILES string of the molecule is CC1(C)C2CC[C@]1(c1cccc(-c3cnc(CCS(C)(=O)=O)nc3)n1)c1nnc(-c3c(F)cccc3F)cc12. The number of aryl methyl sites for hydroxylation is 1. The molecule has 3 aromatic heterocycles. The van der Waals surface area contributed by atoms with Gasteiger partial charge < -0.3 is 0 Å². The molecule has 1 aromatic carbocycles. The van der Waals surface area contributed by atoms with E-state index in [1.807, 2.05) is 18.2 Å². The lowest BCUT2D eigenvalue weighted by atomic mass is 9.66. The molecular weight excluding hydrogens is 520 g/mol. The lowest BCUT2D eigenvalue weighted by Gasteiger charge is -2.37. The third-order valence-electron chi connectivity index (χ3n) is 8.48. The molecule has 0 amide bonds. The molecule has 0 N–H and O–H groups in total. The van der Waals surface area contributed by atoms with Crippen molar-refractivity contribution in [3.63, 3.8) is 0 Å². The molecule has 10 heteroatoms. The first kappa shape index (κ1) is 25.6. The third kappa shape index (κ3) is 4.04. The van der Waals surface area contributed by atoms with Crippen LogP contribution in [0.5, 0.6) is 0 Å². The number of nitrogens with zero attached hydrogens (tertiary/aromatic N) is 5. The molecule has 2 bridgehead atoms. The Balaban J connectivity index is 1.39. The van der Waals surface area contributed by atoms with Gasteiger partial charge in [-0.3, -0.25) is 4.98 Å². The van der Waals surface area contributed by atoms with Gasteiger partial charge in [0.25, 0.3) is 0 Å². The van der Waals surface area contributed by atoms with Gasteiger partial charge in [-0.2, -0.15) is 5.10 Å². The van der Waals surface area contributed by atoms with Crippen molar-refractivity contribution < 1.29 is 17.2 Å². The van der Waals surface area contributed by atoms with Crippen LogP contribution in [0.25, 0.3) is 22.5 Å². The predicted octanol–water partition coefficient (Wildman–Crippen LogP) is 5.06. The summed E-state index contributed by atoms with van der Waals surface area (Å²) < 4.78 is 52.0. The van der Waals surface area contributed by atoms with Gasteiger partial charge in [0.2, 0.25) is 0 Å². The number of aromatic nitrogens is 5. The van der Waals surface area contributed by atoms with Gasteiger partial charge in [-0.25, -0.2) is 27.2 Å². The second-order valence-electron chi connectivity index (χ2n) is 11.0. The van der Waals surface area contributed by atoms with Gasteiger partial charge in [-0.05, 0) is 60.1 Å². The molecule has 0 saturated heterocycles. The Morgan fingerprint density at radius 3 is 2.36 bits per heavy atom. The lowest BCUT2D eigenvalue weighted by molar-refractivity contribution is 0.243. The first-order chi connectivity index (χ1) is 18.5. The van der Waals surface area contributed by atoms with E-state index < -0.39 is 26.9 Å². The molecule has 6 rings (SSSR count). The van der Waals surface area contributed by atoms with Crippen LogP contribution in [0, 0.1) is 17.0 Å². The van der Waals surface area contributed by atoms with Crippen LogP contribution >= 0.6 is 0 Å². The maximum Gasteiger partial charge on any atom is 0.147 e. The smallest absolute Gasteiger partial charge is 0.147 e. The highest BCUT2D eigenvalue weighted by molar-refractivity contribution is 7.90. The Bertz CT molecular complexity index is 1690. The van der Waals surface area contributed by atoms with Crippen molar-refractivity contribution >= 4 is 9.84 Å². The zero-order valence-electron chi connectivity index (χ0n) is 21.8. The number of benzene rings is 1. The van der Waals surface area contributed by atoms with E-state index in [1.165, 1.54) is 24.5 Å². The topological polar surface area (TPSA) is 98.6 Å². The van der Waals surface area contributed by atoms with Crippen LogP contribution in [0.2, 0.25) is 0 Å². The van der Waals surface area contributed by atoms with E-state index in [9.17, 15) is 17.2 Å². The van der Waals surface area contributed by atoms with Crippen molar-refractivity contribution in [3.05, 3.63) is 89.3 Å². The first-order valence-electron chi connectivity index (χ1n) is 12.8. The number of sulfone groups is 1. The molecule has 3 heterocycles. The van der Waals surface area contributed by atoms with Crippen molar-refractivity contribution in [2.75, 3.05) is 12.0 Å². The average molecular weight is 548 g/mol. The Morgan fingerprint density at radius 1 is 0.974 bits per heavy atom. The van der Waals surface area contributed by atoms with Crippen LogP contribution in [-0.2, 0) is 21.7 Å². The van der Waals surface area contributed by atoms with E-state index in [2.05, 4.69) is 34.0 Å². The summed E-state index contributed by atoms with van der Waals surface area (Å²) in [5.74, 6) is -0.745. The highest BCUT2D eigenvalue weighted by Gasteiger charge is 2.65. The number of hydrogen-bond donors (Lipinski definition) is 0. The van der Waals surface area contributed by atoms with Crippen LogP contribution in [0.1, 0.15) is 55.4 Å². The van der Waals surface area contributed by atoms with E-state index >= 15 is 0 Å². The summed E-state index contributed by atoms with van der Waals surface area (Å²) in [5, 5.41) is 8.90. The van der Waals surface area contributed by atoms with E-state index in [1.54, 1.807) is 18.5 Å². The largest absolute Gasteiger partial charge is 0.252 e. The quantitative estimate of drug-likeness (QED) is 0.333. The number of pyridine rings is 1. The monoisotopic (exact) mass is 547 g/mol. The second-order valence-corrected chi connectivity index (χ2v) is 13.3. The minimum atomic E-state index is -3.10. The van der Waals surface area contributed by atoms with Crippen molar-refractivity contribution in [2.45, 2.75) is 44.4 Å². The molecule has 0 spiro atoms. The first-order valence-corrected chi connectivity index (χ1v) is 14.9. The second kappa shape index (κ2) is 8.94. The highest BCUT2D eigenvalue weighted by atomic mass is 32.2.